The van der Waals surface area contributed by atoms with Crippen LogP contribution in [-0.2, 0) is 15.1 Å². The van der Waals surface area contributed by atoms with Crippen LogP contribution >= 0.6 is 0 Å². The number of allylic oxidation sites excluding steroid dienone is 3. The molecule has 1 atom stereocenters. The van der Waals surface area contributed by atoms with Crippen molar-refractivity contribution in [3.05, 3.63) is 167 Å². The molecule has 1 fully saturated rings. The predicted molar refractivity (Wildman–Crippen MR) is 212 cm³/mol. The Morgan fingerprint density at radius 1 is 0.923 bits per heavy atom. The number of carbonyl (C=O) groups is 1. The van der Waals surface area contributed by atoms with Crippen molar-refractivity contribution in [2.75, 3.05) is 32.1 Å². The molecule has 2 heterocycles. The van der Waals surface area contributed by atoms with Gasteiger partial charge in [-0.15, -0.1) is 0 Å². The number of carbonyl (C=O) groups excluding carboxylic acids is 1. The molecule has 266 valence electrons. The Balaban J connectivity index is 1.41. The molecule has 1 saturated heterocycles. The van der Waals surface area contributed by atoms with Gasteiger partial charge in [0.2, 0.25) is 0 Å². The molecule has 2 aliphatic heterocycles. The first-order valence-electron chi connectivity index (χ1n) is 18.1. The molecule has 2 aliphatic rings. The molecule has 5 N–H and O–H groups in total. The third-order valence-electron chi connectivity index (χ3n) is 9.98. The molecule has 1 unspecified atom stereocenters. The third-order valence-corrected chi connectivity index (χ3v) is 9.98. The number of anilines is 1. The van der Waals surface area contributed by atoms with Crippen LogP contribution in [0.4, 0.5) is 5.69 Å². The van der Waals surface area contributed by atoms with Gasteiger partial charge in [-0.05, 0) is 78.4 Å². The zero-order valence-electron chi connectivity index (χ0n) is 29.9. The van der Waals surface area contributed by atoms with Gasteiger partial charge in [0, 0.05) is 61.4 Å². The summed E-state index contributed by atoms with van der Waals surface area (Å²) in [4.78, 5) is 14.5. The fourth-order valence-electron chi connectivity index (χ4n) is 7.32. The average Bonchev–Trinajstić information content (AvgIpc) is 3.20. The largest absolute Gasteiger partial charge is 0.466 e. The van der Waals surface area contributed by atoms with E-state index in [2.05, 4.69) is 99.7 Å². The molecule has 8 heteroatoms. The highest BCUT2D eigenvalue weighted by atomic mass is 16.5. The lowest BCUT2D eigenvalue weighted by Gasteiger charge is -2.39. The maximum Gasteiger partial charge on any atom is 0.306 e. The number of piperidine rings is 1. The van der Waals surface area contributed by atoms with E-state index < -0.39 is 5.54 Å². The maximum absolute atomic E-state index is 12.1. The fraction of sp³-hybridized carbons (Fsp3) is 0.250. The lowest BCUT2D eigenvalue weighted by molar-refractivity contribution is -0.144. The molecule has 0 saturated carbocycles. The first-order chi connectivity index (χ1) is 25.5. The van der Waals surface area contributed by atoms with Crippen molar-refractivity contribution in [3.8, 4) is 0 Å². The minimum absolute atomic E-state index is 0.0816. The van der Waals surface area contributed by atoms with E-state index in [1.807, 2.05) is 62.6 Å². The van der Waals surface area contributed by atoms with E-state index in [1.54, 1.807) is 6.20 Å². The van der Waals surface area contributed by atoms with E-state index in [4.69, 9.17) is 10.1 Å². The van der Waals surface area contributed by atoms with Gasteiger partial charge in [-0.3, -0.25) is 15.1 Å². The summed E-state index contributed by atoms with van der Waals surface area (Å²) in [7, 11) is 1.82. The fourth-order valence-corrected chi connectivity index (χ4v) is 7.32. The van der Waals surface area contributed by atoms with Gasteiger partial charge in [0.1, 0.15) is 5.54 Å². The Morgan fingerprint density at radius 2 is 1.52 bits per heavy atom. The Morgan fingerprint density at radius 3 is 2.06 bits per heavy atom. The van der Waals surface area contributed by atoms with Gasteiger partial charge < -0.3 is 26.1 Å². The number of esters is 1. The topological polar surface area (TPSA) is 113 Å². The van der Waals surface area contributed by atoms with Crippen molar-refractivity contribution >= 4 is 29.2 Å². The van der Waals surface area contributed by atoms with E-state index in [0.717, 1.165) is 65.0 Å². The summed E-state index contributed by atoms with van der Waals surface area (Å²) >= 11 is 0. The molecule has 4 aromatic carbocycles. The van der Waals surface area contributed by atoms with E-state index in [-0.39, 0.29) is 12.1 Å². The second-order valence-corrected chi connectivity index (χ2v) is 13.2. The molecule has 0 aromatic heterocycles. The molecule has 4 aromatic rings. The van der Waals surface area contributed by atoms with Gasteiger partial charge in [-0.2, -0.15) is 0 Å². The zero-order valence-corrected chi connectivity index (χ0v) is 29.9. The molecular weight excluding hydrogens is 645 g/mol. The highest BCUT2D eigenvalue weighted by molar-refractivity contribution is 6.17. The maximum atomic E-state index is 12.1. The third kappa shape index (κ3) is 7.92. The van der Waals surface area contributed by atoms with Crippen LogP contribution in [0, 0.1) is 16.7 Å². The molecule has 0 bridgehead atoms. The highest BCUT2D eigenvalue weighted by Crippen LogP contribution is 2.41. The Kier molecular flexibility index (Phi) is 11.8. The SMILES string of the molecule is CCOC(=O)CC1CCN(C2C=C(C(=N)c3cc(/C(C=N)=C/NC)ccc3NC(c3ccccc3)(c3ccccc3)c3ccccc3)C=CN2)CC1. The summed E-state index contributed by atoms with van der Waals surface area (Å²) in [6.45, 7) is 3.95. The van der Waals surface area contributed by atoms with Crippen LogP contribution in [0.2, 0.25) is 0 Å². The molecule has 0 aliphatic carbocycles. The predicted octanol–water partition coefficient (Wildman–Crippen LogP) is 7.70. The minimum atomic E-state index is -0.791. The standard InChI is InChI=1S/C44H48N6O2/c1-3-52-42(51)27-32-22-25-50(26-23-32)41-29-34(21-24-48-41)43(46)39-28-33(35(30-45)31-47-2)19-20-40(39)49-44(36-13-7-4-8-14-36,37-15-9-5-10-16-37)38-17-11-6-12-18-38/h4-21,24,28-32,41,45-49H,3,22-23,25-27H2,1-2H3/b35-31+,45-30?,46-43?. The number of hydrogen-bond donors (Lipinski definition) is 5. The molecule has 0 amide bonds. The smallest absolute Gasteiger partial charge is 0.306 e. The number of nitrogens with zero attached hydrogens (tertiary/aromatic N) is 1. The quantitative estimate of drug-likeness (QED) is 0.0526. The van der Waals surface area contributed by atoms with Gasteiger partial charge in [-0.1, -0.05) is 97.1 Å². The van der Waals surface area contributed by atoms with Gasteiger partial charge in [0.15, 0.2) is 0 Å². The van der Waals surface area contributed by atoms with Crippen LogP contribution in [0.5, 0.6) is 0 Å². The first-order valence-corrected chi connectivity index (χ1v) is 18.1. The molecule has 0 radical (unpaired) electrons. The van der Waals surface area contributed by atoms with Crippen LogP contribution in [0.1, 0.15) is 54.0 Å². The van der Waals surface area contributed by atoms with Crippen molar-refractivity contribution in [3.63, 3.8) is 0 Å². The van der Waals surface area contributed by atoms with Crippen molar-refractivity contribution in [2.45, 2.75) is 37.9 Å². The highest BCUT2D eigenvalue weighted by Gasteiger charge is 2.37. The van der Waals surface area contributed by atoms with Gasteiger partial charge in [-0.25, -0.2) is 0 Å². The van der Waals surface area contributed by atoms with Gasteiger partial charge in [0.25, 0.3) is 0 Å². The van der Waals surface area contributed by atoms with Crippen molar-refractivity contribution in [1.29, 1.82) is 10.8 Å². The van der Waals surface area contributed by atoms with Crippen molar-refractivity contribution in [1.82, 2.24) is 15.5 Å². The van der Waals surface area contributed by atoms with Crippen LogP contribution < -0.4 is 16.0 Å². The number of hydrogen-bond acceptors (Lipinski definition) is 8. The lowest BCUT2D eigenvalue weighted by Crippen LogP contribution is -2.47. The second-order valence-electron chi connectivity index (χ2n) is 13.2. The average molecular weight is 693 g/mol. The van der Waals surface area contributed by atoms with Crippen molar-refractivity contribution in [2.24, 2.45) is 5.92 Å². The number of likely N-dealkylation sites (tertiary alicyclic amines) is 1. The van der Waals surface area contributed by atoms with Crippen LogP contribution in [0.15, 0.2) is 139 Å². The number of benzene rings is 4. The number of dihydropyridines is 1. The molecule has 0 spiro atoms. The summed E-state index contributed by atoms with van der Waals surface area (Å²) in [6, 6.07) is 37.4. The van der Waals surface area contributed by atoms with Crippen molar-refractivity contribution < 1.29 is 9.53 Å². The molecular formula is C44H48N6O2. The Bertz CT molecular complexity index is 1830. The van der Waals surface area contributed by atoms with Crippen LogP contribution in [-0.4, -0.2) is 55.7 Å². The van der Waals surface area contributed by atoms with Crippen LogP contribution in [0.25, 0.3) is 5.57 Å². The molecule has 6 rings (SSSR count). The van der Waals surface area contributed by atoms with Crippen LogP contribution in [0.3, 0.4) is 0 Å². The first kappa shape index (κ1) is 36.1. The number of ether oxygens (including phenoxy) is 1. The summed E-state index contributed by atoms with van der Waals surface area (Å²) in [5, 5.41) is 28.5. The van der Waals surface area contributed by atoms with E-state index in [9.17, 15) is 10.2 Å². The summed E-state index contributed by atoms with van der Waals surface area (Å²) < 4.78 is 5.20. The van der Waals surface area contributed by atoms with E-state index >= 15 is 0 Å². The minimum Gasteiger partial charge on any atom is -0.466 e. The summed E-state index contributed by atoms with van der Waals surface area (Å²) in [5.74, 6) is 0.203. The lowest BCUT2D eigenvalue weighted by atomic mass is 9.76. The van der Waals surface area contributed by atoms with Gasteiger partial charge in [0.05, 0.1) is 18.5 Å². The monoisotopic (exact) mass is 692 g/mol. The summed E-state index contributed by atoms with van der Waals surface area (Å²) in [5.41, 5.74) is 6.64. The molecule has 8 nitrogen and oxygen atoms in total. The van der Waals surface area contributed by atoms with Gasteiger partial charge >= 0.3 is 5.97 Å². The van der Waals surface area contributed by atoms with E-state index in [0.29, 0.717) is 30.2 Å². The van der Waals surface area contributed by atoms with E-state index in [1.165, 1.54) is 6.21 Å². The summed E-state index contributed by atoms with van der Waals surface area (Å²) in [6.07, 6.45) is 11.4. The molecule has 52 heavy (non-hydrogen) atoms. The number of nitrogens with one attached hydrogen (secondary N) is 5. The Hall–Kier alpha value is -5.73. The number of rotatable bonds is 14. The second kappa shape index (κ2) is 17.0. The Labute approximate surface area is 307 Å². The zero-order chi connectivity index (χ0) is 36.3. The normalized spacial score (nSPS) is 16.7.